The number of carbonyl (C=O) groups excluding carboxylic acids is 1. The van der Waals surface area contributed by atoms with Gasteiger partial charge in [0.15, 0.2) is 5.65 Å². The summed E-state index contributed by atoms with van der Waals surface area (Å²) in [5.74, 6) is 0.642. The van der Waals surface area contributed by atoms with Crippen molar-refractivity contribution in [2.45, 2.75) is 58.6 Å². The van der Waals surface area contributed by atoms with Gasteiger partial charge in [-0.3, -0.25) is 10.2 Å². The van der Waals surface area contributed by atoms with Gasteiger partial charge in [0.25, 0.3) is 5.91 Å². The van der Waals surface area contributed by atoms with Gasteiger partial charge in [-0.1, -0.05) is 67.6 Å². The molecule has 0 aromatic carbocycles. The van der Waals surface area contributed by atoms with Crippen molar-refractivity contribution >= 4 is 41.1 Å². The van der Waals surface area contributed by atoms with Gasteiger partial charge in [0.05, 0.1) is 18.5 Å². The summed E-state index contributed by atoms with van der Waals surface area (Å²) in [6.07, 6.45) is 23.1. The number of nitrogens with zero attached hydrogens (tertiary/aromatic N) is 6. The second-order valence-electron chi connectivity index (χ2n) is 10.8. The first-order valence-corrected chi connectivity index (χ1v) is 14.7. The first-order chi connectivity index (χ1) is 19.0. The highest BCUT2D eigenvalue weighted by Gasteiger charge is 2.32. The van der Waals surface area contributed by atoms with Crippen LogP contribution in [-0.2, 0) is 17.7 Å². The standard InChI is InChI=1S/C30H37N7OS2/c1-21(10-11-24-23(3)25(12-13-30(24,4)5)40-20-36-15-14-31-17-36)8-7-9-22(2)16-26(38)34-37-19-32-27-28(37)33-18-35(6)29(27)39/h7-11,14-19,25H,12-13,20H2,1-6H3,(H,34,38). The van der Waals surface area contributed by atoms with Crippen molar-refractivity contribution in [3.63, 3.8) is 0 Å². The van der Waals surface area contributed by atoms with Gasteiger partial charge in [0.2, 0.25) is 0 Å². The van der Waals surface area contributed by atoms with E-state index in [1.165, 1.54) is 28.6 Å². The van der Waals surface area contributed by atoms with E-state index in [-0.39, 0.29) is 11.3 Å². The van der Waals surface area contributed by atoms with Crippen LogP contribution in [0.3, 0.4) is 0 Å². The van der Waals surface area contributed by atoms with Gasteiger partial charge in [-0.25, -0.2) is 19.6 Å². The van der Waals surface area contributed by atoms with Crippen LogP contribution in [0.1, 0.15) is 47.5 Å². The highest BCUT2D eigenvalue weighted by Crippen LogP contribution is 2.44. The number of aryl methyl sites for hydroxylation is 1. The number of imidazole rings is 2. The molecule has 0 spiro atoms. The molecule has 0 saturated heterocycles. The average Bonchev–Trinajstić information content (AvgIpc) is 3.56. The monoisotopic (exact) mass is 575 g/mol. The second-order valence-corrected chi connectivity index (χ2v) is 12.3. The Kier molecular flexibility index (Phi) is 9.42. The summed E-state index contributed by atoms with van der Waals surface area (Å²) < 4.78 is 5.89. The molecule has 1 amide bonds. The molecule has 1 atom stereocenters. The molecule has 3 aromatic rings. The highest BCUT2D eigenvalue weighted by molar-refractivity contribution is 7.99. The predicted molar refractivity (Wildman–Crippen MR) is 167 cm³/mol. The number of amides is 1. The highest BCUT2D eigenvalue weighted by atomic mass is 32.2. The molecule has 1 aliphatic carbocycles. The zero-order valence-electron chi connectivity index (χ0n) is 24.0. The number of carbonyl (C=O) groups is 1. The van der Waals surface area contributed by atoms with E-state index in [0.717, 1.165) is 23.4 Å². The van der Waals surface area contributed by atoms with E-state index in [1.807, 2.05) is 56.6 Å². The lowest BCUT2D eigenvalue weighted by Crippen LogP contribution is -2.26. The maximum absolute atomic E-state index is 12.6. The third-order valence-corrected chi connectivity index (χ3v) is 9.01. The molecule has 10 heteroatoms. The van der Waals surface area contributed by atoms with E-state index in [9.17, 15) is 4.79 Å². The van der Waals surface area contributed by atoms with Crippen molar-refractivity contribution in [1.82, 2.24) is 28.8 Å². The number of nitrogens with one attached hydrogen (secondary N) is 1. The quantitative estimate of drug-likeness (QED) is 0.174. The van der Waals surface area contributed by atoms with Crippen molar-refractivity contribution < 1.29 is 4.79 Å². The summed E-state index contributed by atoms with van der Waals surface area (Å²) >= 11 is 7.34. The Balaban J connectivity index is 1.38. The van der Waals surface area contributed by atoms with Crippen LogP contribution in [0.25, 0.3) is 11.2 Å². The lowest BCUT2D eigenvalue weighted by Gasteiger charge is -2.37. The van der Waals surface area contributed by atoms with E-state index in [0.29, 0.717) is 21.1 Å². The first kappa shape index (κ1) is 29.5. The summed E-state index contributed by atoms with van der Waals surface area (Å²) in [5, 5.41) is 0.510. The molecule has 1 N–H and O–H groups in total. The Morgan fingerprint density at radius 2 is 2.00 bits per heavy atom. The molecule has 40 heavy (non-hydrogen) atoms. The summed E-state index contributed by atoms with van der Waals surface area (Å²) in [5.41, 5.74) is 8.86. The Hall–Kier alpha value is -3.50. The lowest BCUT2D eigenvalue weighted by molar-refractivity contribution is -0.112. The molecule has 0 saturated carbocycles. The molecule has 8 nitrogen and oxygen atoms in total. The number of hydrogen-bond donors (Lipinski definition) is 1. The Morgan fingerprint density at radius 3 is 2.75 bits per heavy atom. The number of fused-ring (bicyclic) bond motifs is 1. The molecule has 1 aliphatic rings. The zero-order chi connectivity index (χ0) is 28.9. The third kappa shape index (κ3) is 7.17. The largest absolute Gasteiger partial charge is 0.328 e. The smallest absolute Gasteiger partial charge is 0.263 e. The normalized spacial score (nSPS) is 18.4. The van der Waals surface area contributed by atoms with Crippen molar-refractivity contribution in [1.29, 1.82) is 0 Å². The van der Waals surface area contributed by atoms with Crippen LogP contribution >= 0.6 is 24.0 Å². The van der Waals surface area contributed by atoms with Crippen LogP contribution in [0.15, 0.2) is 90.1 Å². The van der Waals surface area contributed by atoms with Crippen molar-refractivity contribution in [3.05, 3.63) is 94.8 Å². The molecule has 0 bridgehead atoms. The Bertz CT molecular complexity index is 1580. The molecule has 1 unspecified atom stereocenters. The SMILES string of the molecule is CC(C=CC1=C(C)C(SCn2ccnc2)CCC1(C)C)=CC=CC(C)=CC(=O)Nn1cnc2c(=S)n(C)cnc21. The van der Waals surface area contributed by atoms with Crippen LogP contribution < -0.4 is 5.43 Å². The molecular weight excluding hydrogens is 539 g/mol. The van der Waals surface area contributed by atoms with Gasteiger partial charge < -0.3 is 9.13 Å². The summed E-state index contributed by atoms with van der Waals surface area (Å²) in [6, 6.07) is 0. The summed E-state index contributed by atoms with van der Waals surface area (Å²) in [7, 11) is 1.81. The van der Waals surface area contributed by atoms with Gasteiger partial charge in [-0.05, 0) is 50.2 Å². The predicted octanol–water partition coefficient (Wildman–Crippen LogP) is 6.67. The fraction of sp³-hybridized carbons (Fsp3) is 0.367. The van der Waals surface area contributed by atoms with Crippen molar-refractivity contribution in [2.75, 3.05) is 5.43 Å². The molecule has 0 radical (unpaired) electrons. The number of rotatable bonds is 9. The molecule has 3 heterocycles. The molecular formula is C30H37N7OS2. The van der Waals surface area contributed by atoms with Gasteiger partial charge in [0.1, 0.15) is 16.5 Å². The minimum Gasteiger partial charge on any atom is -0.328 e. The summed E-state index contributed by atoms with van der Waals surface area (Å²) in [4.78, 5) is 25.3. The lowest BCUT2D eigenvalue weighted by atomic mass is 9.72. The topological polar surface area (TPSA) is 82.6 Å². The average molecular weight is 576 g/mol. The maximum Gasteiger partial charge on any atom is 0.263 e. The first-order valence-electron chi connectivity index (χ1n) is 13.2. The molecule has 4 rings (SSSR count). The summed E-state index contributed by atoms with van der Waals surface area (Å²) in [6.45, 7) is 10.9. The minimum atomic E-state index is -0.273. The van der Waals surface area contributed by atoms with Crippen LogP contribution in [-0.4, -0.2) is 39.9 Å². The van der Waals surface area contributed by atoms with E-state index in [4.69, 9.17) is 12.2 Å². The van der Waals surface area contributed by atoms with Gasteiger partial charge in [-0.15, -0.1) is 11.8 Å². The van der Waals surface area contributed by atoms with E-state index < -0.39 is 0 Å². The second kappa shape index (κ2) is 12.8. The maximum atomic E-state index is 12.6. The fourth-order valence-electron chi connectivity index (χ4n) is 4.74. The number of allylic oxidation sites excluding steroid dienone is 8. The van der Waals surface area contributed by atoms with Crippen molar-refractivity contribution in [2.24, 2.45) is 12.5 Å². The fourth-order valence-corrected chi connectivity index (χ4v) is 6.10. The van der Waals surface area contributed by atoms with Crippen LogP contribution in [0, 0.1) is 10.1 Å². The Morgan fingerprint density at radius 1 is 1.20 bits per heavy atom. The van der Waals surface area contributed by atoms with Crippen LogP contribution in [0.2, 0.25) is 0 Å². The molecule has 0 fully saturated rings. The van der Waals surface area contributed by atoms with Crippen LogP contribution in [0.4, 0.5) is 0 Å². The Labute approximate surface area is 245 Å². The third-order valence-electron chi connectivity index (χ3n) is 7.09. The van der Waals surface area contributed by atoms with Crippen molar-refractivity contribution in [3.8, 4) is 0 Å². The van der Waals surface area contributed by atoms with Crippen LogP contribution in [0.5, 0.6) is 0 Å². The van der Waals surface area contributed by atoms with Gasteiger partial charge in [0, 0.05) is 30.8 Å². The van der Waals surface area contributed by atoms with Gasteiger partial charge >= 0.3 is 0 Å². The van der Waals surface area contributed by atoms with E-state index in [1.54, 1.807) is 17.0 Å². The van der Waals surface area contributed by atoms with Gasteiger partial charge in [-0.2, -0.15) is 0 Å². The van der Waals surface area contributed by atoms with E-state index in [2.05, 4.69) is 70.9 Å². The molecule has 210 valence electrons. The number of hydrogen-bond acceptors (Lipinski definition) is 6. The number of thioether (sulfide) groups is 1. The number of aromatic nitrogens is 6. The molecule has 3 aromatic heterocycles. The zero-order valence-corrected chi connectivity index (χ0v) is 25.6. The minimum absolute atomic E-state index is 0.149. The van der Waals surface area contributed by atoms with E-state index >= 15 is 0 Å². The molecule has 0 aliphatic heterocycles.